The van der Waals surface area contributed by atoms with Crippen molar-refractivity contribution in [1.29, 1.82) is 0 Å². The minimum absolute atomic E-state index is 0.0377. The van der Waals surface area contributed by atoms with Crippen LogP contribution < -0.4 is 16.8 Å². The molecule has 1 amide bonds. The summed E-state index contributed by atoms with van der Waals surface area (Å²) in [5.41, 5.74) is 10.5. The van der Waals surface area contributed by atoms with Crippen LogP contribution in [0.4, 0.5) is 11.9 Å². The molecule has 0 aromatic carbocycles. The van der Waals surface area contributed by atoms with E-state index in [1.165, 1.54) is 6.33 Å². The Bertz CT molecular complexity index is 522. The minimum Gasteiger partial charge on any atom is -0.368 e. The SMILES string of the molecule is NC(=O)CNc1nc(N)nc(-n2ccnc2)n1. The van der Waals surface area contributed by atoms with Crippen molar-refractivity contribution in [3.05, 3.63) is 18.7 Å². The summed E-state index contributed by atoms with van der Waals surface area (Å²) in [6.45, 7) is -0.0766. The maximum Gasteiger partial charge on any atom is 0.241 e. The molecule has 0 saturated heterocycles. The van der Waals surface area contributed by atoms with Crippen molar-refractivity contribution in [2.24, 2.45) is 5.73 Å². The monoisotopic (exact) mass is 234 g/mol. The van der Waals surface area contributed by atoms with E-state index in [1.807, 2.05) is 0 Å². The van der Waals surface area contributed by atoms with E-state index in [0.29, 0.717) is 5.95 Å². The molecule has 5 N–H and O–H groups in total. The summed E-state index contributed by atoms with van der Waals surface area (Å²) in [7, 11) is 0. The molecule has 2 aromatic rings. The van der Waals surface area contributed by atoms with Crippen molar-refractivity contribution in [3.63, 3.8) is 0 Å². The second-order valence-corrected chi connectivity index (χ2v) is 3.11. The molecule has 0 spiro atoms. The number of hydrogen-bond acceptors (Lipinski definition) is 7. The predicted molar refractivity (Wildman–Crippen MR) is 59.0 cm³/mol. The van der Waals surface area contributed by atoms with Gasteiger partial charge in [-0.25, -0.2) is 4.98 Å². The van der Waals surface area contributed by atoms with E-state index in [9.17, 15) is 4.79 Å². The molecule has 2 rings (SSSR count). The highest BCUT2D eigenvalue weighted by Crippen LogP contribution is 2.06. The Hall–Kier alpha value is -2.71. The van der Waals surface area contributed by atoms with Crippen LogP contribution in [0.25, 0.3) is 5.95 Å². The van der Waals surface area contributed by atoms with Crippen molar-refractivity contribution < 1.29 is 4.79 Å². The van der Waals surface area contributed by atoms with E-state index in [-0.39, 0.29) is 18.4 Å². The fraction of sp³-hybridized carbons (Fsp3) is 0.125. The number of amides is 1. The largest absolute Gasteiger partial charge is 0.368 e. The van der Waals surface area contributed by atoms with Crippen molar-refractivity contribution >= 4 is 17.8 Å². The molecule has 0 aliphatic rings. The fourth-order valence-corrected chi connectivity index (χ4v) is 1.12. The maximum atomic E-state index is 10.6. The lowest BCUT2D eigenvalue weighted by molar-refractivity contribution is -0.116. The number of nitrogens with one attached hydrogen (secondary N) is 1. The van der Waals surface area contributed by atoms with Crippen molar-refractivity contribution in [3.8, 4) is 5.95 Å². The number of nitrogens with zero attached hydrogens (tertiary/aromatic N) is 5. The third kappa shape index (κ3) is 2.65. The van der Waals surface area contributed by atoms with Crippen molar-refractivity contribution in [1.82, 2.24) is 24.5 Å². The molecule has 0 radical (unpaired) electrons. The Morgan fingerprint density at radius 2 is 2.24 bits per heavy atom. The molecule has 0 bridgehead atoms. The Kier molecular flexibility index (Phi) is 2.81. The number of primary amides is 1. The molecule has 2 heterocycles. The van der Waals surface area contributed by atoms with Crippen LogP contribution >= 0.6 is 0 Å². The van der Waals surface area contributed by atoms with Gasteiger partial charge in [0.1, 0.15) is 6.33 Å². The highest BCUT2D eigenvalue weighted by Gasteiger charge is 2.06. The van der Waals surface area contributed by atoms with Crippen LogP contribution in [0.5, 0.6) is 0 Å². The van der Waals surface area contributed by atoms with E-state index in [1.54, 1.807) is 17.0 Å². The lowest BCUT2D eigenvalue weighted by Gasteiger charge is -2.05. The first kappa shape index (κ1) is 10.8. The number of rotatable bonds is 4. The summed E-state index contributed by atoms with van der Waals surface area (Å²) in [5, 5.41) is 2.64. The van der Waals surface area contributed by atoms with Crippen LogP contribution in [0, 0.1) is 0 Å². The lowest BCUT2D eigenvalue weighted by atomic mass is 10.6. The quantitative estimate of drug-likeness (QED) is 0.587. The van der Waals surface area contributed by atoms with Gasteiger partial charge >= 0.3 is 0 Å². The summed E-state index contributed by atoms with van der Waals surface area (Å²) < 4.78 is 1.56. The number of aromatic nitrogens is 5. The van der Waals surface area contributed by atoms with Crippen molar-refractivity contribution in [2.45, 2.75) is 0 Å². The topological polar surface area (TPSA) is 138 Å². The average Bonchev–Trinajstić information content (AvgIpc) is 2.79. The Balaban J connectivity index is 2.26. The lowest BCUT2D eigenvalue weighted by Crippen LogP contribution is -2.23. The van der Waals surface area contributed by atoms with Gasteiger partial charge in [-0.05, 0) is 0 Å². The molecule has 9 nitrogen and oxygen atoms in total. The zero-order valence-electron chi connectivity index (χ0n) is 8.74. The van der Waals surface area contributed by atoms with Gasteiger partial charge in [0.2, 0.25) is 23.8 Å². The standard InChI is InChI=1S/C8H10N8O/c9-5(17)3-12-7-13-6(10)14-8(15-7)16-2-1-11-4-16/h1-2,4H,3H2,(H2,9,17)(H3,10,12,13,14,15). The van der Waals surface area contributed by atoms with E-state index < -0.39 is 5.91 Å². The highest BCUT2D eigenvalue weighted by atomic mass is 16.1. The molecular formula is C8H10N8O. The number of nitrogens with two attached hydrogens (primary N) is 2. The number of imidazole rings is 1. The number of anilines is 2. The molecule has 0 aliphatic heterocycles. The van der Waals surface area contributed by atoms with Gasteiger partial charge in [0, 0.05) is 12.4 Å². The van der Waals surface area contributed by atoms with Gasteiger partial charge in [-0.2, -0.15) is 15.0 Å². The highest BCUT2D eigenvalue weighted by molar-refractivity contribution is 5.78. The second kappa shape index (κ2) is 4.43. The molecule has 0 aliphatic carbocycles. The van der Waals surface area contributed by atoms with Gasteiger partial charge in [-0.1, -0.05) is 0 Å². The van der Waals surface area contributed by atoms with E-state index in [4.69, 9.17) is 11.5 Å². The first-order valence-corrected chi connectivity index (χ1v) is 4.67. The number of nitrogen functional groups attached to an aromatic ring is 1. The first-order valence-electron chi connectivity index (χ1n) is 4.67. The smallest absolute Gasteiger partial charge is 0.241 e. The predicted octanol–water partition coefficient (Wildman–Crippen LogP) is -1.46. The molecular weight excluding hydrogens is 224 g/mol. The van der Waals surface area contributed by atoms with Gasteiger partial charge in [0.25, 0.3) is 0 Å². The molecule has 9 heteroatoms. The summed E-state index contributed by atoms with van der Waals surface area (Å²) in [6.07, 6.45) is 4.76. The molecule has 2 aromatic heterocycles. The number of carbonyl (C=O) groups excluding carboxylic acids is 1. The fourth-order valence-electron chi connectivity index (χ4n) is 1.12. The van der Waals surface area contributed by atoms with Gasteiger partial charge < -0.3 is 16.8 Å². The summed E-state index contributed by atoms with van der Waals surface area (Å²) in [5.74, 6) is 0.00538. The summed E-state index contributed by atoms with van der Waals surface area (Å²) in [4.78, 5) is 26.3. The van der Waals surface area contributed by atoms with Crippen LogP contribution in [-0.4, -0.2) is 37.0 Å². The third-order valence-electron chi connectivity index (χ3n) is 1.80. The second-order valence-electron chi connectivity index (χ2n) is 3.11. The molecule has 88 valence electrons. The zero-order chi connectivity index (χ0) is 12.3. The van der Waals surface area contributed by atoms with E-state index in [2.05, 4.69) is 25.3 Å². The first-order chi connectivity index (χ1) is 8.15. The Labute approximate surface area is 95.9 Å². The van der Waals surface area contributed by atoms with Crippen molar-refractivity contribution in [2.75, 3.05) is 17.6 Å². The molecule has 0 saturated carbocycles. The average molecular weight is 234 g/mol. The third-order valence-corrected chi connectivity index (χ3v) is 1.80. The number of carbonyl (C=O) groups is 1. The van der Waals surface area contributed by atoms with Crippen LogP contribution in [-0.2, 0) is 4.79 Å². The Morgan fingerprint density at radius 1 is 1.41 bits per heavy atom. The Morgan fingerprint density at radius 3 is 2.88 bits per heavy atom. The molecule has 0 fully saturated rings. The molecule has 17 heavy (non-hydrogen) atoms. The minimum atomic E-state index is -0.520. The van der Waals surface area contributed by atoms with Crippen LogP contribution in [0.3, 0.4) is 0 Å². The van der Waals surface area contributed by atoms with Gasteiger partial charge in [-0.3, -0.25) is 9.36 Å². The number of hydrogen-bond donors (Lipinski definition) is 3. The zero-order valence-corrected chi connectivity index (χ0v) is 8.74. The summed E-state index contributed by atoms with van der Waals surface area (Å²) >= 11 is 0. The van der Waals surface area contributed by atoms with E-state index in [0.717, 1.165) is 0 Å². The van der Waals surface area contributed by atoms with E-state index >= 15 is 0 Å². The maximum absolute atomic E-state index is 10.6. The normalized spacial score (nSPS) is 10.1. The molecule has 0 unspecified atom stereocenters. The van der Waals surface area contributed by atoms with Gasteiger partial charge in [0.05, 0.1) is 6.54 Å². The van der Waals surface area contributed by atoms with Gasteiger partial charge in [-0.15, -0.1) is 0 Å². The van der Waals surface area contributed by atoms with Crippen LogP contribution in [0.2, 0.25) is 0 Å². The van der Waals surface area contributed by atoms with Crippen LogP contribution in [0.1, 0.15) is 0 Å². The van der Waals surface area contributed by atoms with Crippen LogP contribution in [0.15, 0.2) is 18.7 Å². The summed E-state index contributed by atoms with van der Waals surface area (Å²) in [6, 6.07) is 0. The molecule has 0 atom stereocenters. The van der Waals surface area contributed by atoms with Gasteiger partial charge in [0.15, 0.2) is 0 Å².